The zero-order valence-corrected chi connectivity index (χ0v) is 17.0. The van der Waals surface area contributed by atoms with Crippen LogP contribution in [0.15, 0.2) is 77.9 Å². The summed E-state index contributed by atoms with van der Waals surface area (Å²) >= 11 is 0. The van der Waals surface area contributed by atoms with Crippen molar-refractivity contribution in [2.45, 2.75) is 6.54 Å². The van der Waals surface area contributed by atoms with Crippen LogP contribution in [-0.4, -0.2) is 48.9 Å². The van der Waals surface area contributed by atoms with Gasteiger partial charge in [0.15, 0.2) is 0 Å². The summed E-state index contributed by atoms with van der Waals surface area (Å²) in [5.74, 6) is 0.483. The average Bonchev–Trinajstić information content (AvgIpc) is 3.28. The Morgan fingerprint density at radius 1 is 1.00 bits per heavy atom. The molecule has 0 aliphatic heterocycles. The molecule has 0 radical (unpaired) electrons. The van der Waals surface area contributed by atoms with E-state index in [1.54, 1.807) is 23.0 Å². The highest BCUT2D eigenvalue weighted by molar-refractivity contribution is 5.89. The summed E-state index contributed by atoms with van der Waals surface area (Å²) in [5.41, 5.74) is 2.00. The van der Waals surface area contributed by atoms with E-state index in [-0.39, 0.29) is 11.7 Å². The second-order valence-corrected chi connectivity index (χ2v) is 6.79. The van der Waals surface area contributed by atoms with Crippen molar-refractivity contribution in [2.24, 2.45) is 0 Å². The van der Waals surface area contributed by atoms with Gasteiger partial charge in [-0.1, -0.05) is 35.4 Å². The minimum Gasteiger partial charge on any atom is -0.351 e. The number of benzene rings is 2. The Kier molecular flexibility index (Phi) is 6.46. The first-order valence-electron chi connectivity index (χ1n) is 9.92. The Labute approximate surface area is 183 Å². The van der Waals surface area contributed by atoms with Gasteiger partial charge in [0.25, 0.3) is 0 Å². The zero-order chi connectivity index (χ0) is 22.2. The maximum atomic E-state index is 12.2. The molecular weight excluding hydrogens is 410 g/mol. The number of amides is 2. The molecule has 4 rings (SSSR count). The van der Waals surface area contributed by atoms with Crippen LogP contribution in [0.4, 0.5) is 16.4 Å². The lowest BCUT2D eigenvalue weighted by Crippen LogP contribution is -2.33. The molecule has 0 fully saturated rings. The van der Waals surface area contributed by atoms with Crippen LogP contribution in [0.5, 0.6) is 0 Å². The molecule has 0 saturated carbocycles. The fraction of sp³-hybridized carbons (Fsp3) is 0.143. The van der Waals surface area contributed by atoms with Crippen LogP contribution in [-0.2, 0) is 6.54 Å². The minimum absolute atomic E-state index is 0.325. The van der Waals surface area contributed by atoms with E-state index in [0.29, 0.717) is 31.3 Å². The second-order valence-electron chi connectivity index (χ2n) is 6.79. The van der Waals surface area contributed by atoms with Crippen LogP contribution < -0.4 is 21.6 Å². The molecule has 0 aliphatic rings. The molecule has 3 N–H and O–H groups in total. The number of urea groups is 1. The Bertz CT molecular complexity index is 1240. The molecule has 11 nitrogen and oxygen atoms in total. The van der Waals surface area contributed by atoms with Gasteiger partial charge in [0, 0.05) is 31.2 Å². The van der Waals surface area contributed by atoms with E-state index in [1.807, 2.05) is 48.5 Å². The Morgan fingerprint density at radius 2 is 1.88 bits per heavy atom. The molecule has 4 aromatic rings. The van der Waals surface area contributed by atoms with Gasteiger partial charge in [0.1, 0.15) is 0 Å². The highest BCUT2D eigenvalue weighted by atomic mass is 16.2. The van der Waals surface area contributed by atoms with Crippen LogP contribution in [0.25, 0.3) is 5.69 Å². The Morgan fingerprint density at radius 3 is 2.72 bits per heavy atom. The van der Waals surface area contributed by atoms with Gasteiger partial charge in [-0.05, 0) is 46.3 Å². The van der Waals surface area contributed by atoms with Gasteiger partial charge >= 0.3 is 11.7 Å². The molecular formula is C21H21N9O2. The summed E-state index contributed by atoms with van der Waals surface area (Å²) < 4.78 is 3.08. The lowest BCUT2D eigenvalue weighted by Gasteiger charge is -2.10. The third-order valence-corrected chi connectivity index (χ3v) is 4.48. The topological polar surface area (TPSA) is 132 Å². The van der Waals surface area contributed by atoms with E-state index in [9.17, 15) is 9.59 Å². The van der Waals surface area contributed by atoms with Crippen LogP contribution in [0.3, 0.4) is 0 Å². The predicted molar refractivity (Wildman–Crippen MR) is 119 cm³/mol. The molecule has 0 spiro atoms. The number of carbonyl (C=O) groups is 1. The molecule has 0 unspecified atom stereocenters. The summed E-state index contributed by atoms with van der Waals surface area (Å²) in [6, 6.07) is 18.1. The zero-order valence-electron chi connectivity index (χ0n) is 17.0. The van der Waals surface area contributed by atoms with E-state index in [4.69, 9.17) is 0 Å². The quantitative estimate of drug-likeness (QED) is 0.360. The number of para-hydroxylation sites is 1. The molecule has 32 heavy (non-hydrogen) atoms. The Hall–Kier alpha value is -4.54. The largest absolute Gasteiger partial charge is 0.351 e. The van der Waals surface area contributed by atoms with Gasteiger partial charge in [0.2, 0.25) is 5.95 Å². The lowest BCUT2D eigenvalue weighted by atomic mass is 10.2. The number of nitrogens with one attached hydrogen (secondary N) is 3. The van der Waals surface area contributed by atoms with Crippen molar-refractivity contribution >= 4 is 17.7 Å². The molecule has 2 aromatic carbocycles. The number of aromatic nitrogens is 6. The van der Waals surface area contributed by atoms with E-state index < -0.39 is 0 Å². The van der Waals surface area contributed by atoms with Gasteiger partial charge in [-0.2, -0.15) is 4.68 Å². The smallest absolute Gasteiger partial charge is 0.347 e. The first-order valence-corrected chi connectivity index (χ1v) is 9.92. The Balaban J connectivity index is 1.26. The molecule has 0 aliphatic carbocycles. The van der Waals surface area contributed by atoms with Crippen molar-refractivity contribution in [3.05, 3.63) is 89.1 Å². The third-order valence-electron chi connectivity index (χ3n) is 4.48. The number of hydrogen-bond acceptors (Lipinski definition) is 7. The molecule has 2 aromatic heterocycles. The standard InChI is InChI=1S/C21H21N9O2/c31-20(23-12-11-22-19-26-27-28-30(19)18-8-2-1-3-9-18)25-17-7-4-6-16(14-17)15-29-13-5-10-24-21(29)32/h1-10,13-14H,11-12,15H2,(H,22,26,28)(H2,23,25,31). The molecule has 2 amide bonds. The van der Waals surface area contributed by atoms with Crippen LogP contribution in [0, 0.1) is 0 Å². The molecule has 2 heterocycles. The fourth-order valence-electron chi connectivity index (χ4n) is 3.02. The summed E-state index contributed by atoms with van der Waals surface area (Å²) in [5, 5.41) is 20.3. The van der Waals surface area contributed by atoms with Crippen molar-refractivity contribution < 1.29 is 4.79 Å². The summed E-state index contributed by atoms with van der Waals surface area (Å²) in [6.07, 6.45) is 3.13. The number of rotatable bonds is 8. The molecule has 162 valence electrons. The van der Waals surface area contributed by atoms with Gasteiger partial charge in [-0.25, -0.2) is 14.6 Å². The second kappa shape index (κ2) is 9.98. The normalized spacial score (nSPS) is 10.5. The monoisotopic (exact) mass is 431 g/mol. The number of hydrogen-bond donors (Lipinski definition) is 3. The van der Waals surface area contributed by atoms with Crippen molar-refractivity contribution in [3.8, 4) is 5.69 Å². The van der Waals surface area contributed by atoms with E-state index in [2.05, 4.69) is 36.5 Å². The predicted octanol–water partition coefficient (Wildman–Crippen LogP) is 1.50. The average molecular weight is 431 g/mol. The van der Waals surface area contributed by atoms with Crippen molar-refractivity contribution in [2.75, 3.05) is 23.7 Å². The SMILES string of the molecule is O=C(NCCNc1nnnn1-c1ccccc1)Nc1cccc(Cn2cccnc2=O)c1. The van der Waals surface area contributed by atoms with Crippen LogP contribution in [0.2, 0.25) is 0 Å². The lowest BCUT2D eigenvalue weighted by molar-refractivity contribution is 0.252. The van der Waals surface area contributed by atoms with E-state index in [1.165, 1.54) is 10.8 Å². The van der Waals surface area contributed by atoms with Crippen molar-refractivity contribution in [1.82, 2.24) is 35.1 Å². The summed E-state index contributed by atoms with van der Waals surface area (Å²) in [6.45, 7) is 1.16. The number of anilines is 2. The highest BCUT2D eigenvalue weighted by Gasteiger charge is 2.08. The van der Waals surface area contributed by atoms with Crippen LogP contribution in [0.1, 0.15) is 5.56 Å². The van der Waals surface area contributed by atoms with Gasteiger partial charge in [0.05, 0.1) is 12.2 Å². The molecule has 0 bridgehead atoms. The molecule has 11 heteroatoms. The number of tetrazole rings is 1. The van der Waals surface area contributed by atoms with Gasteiger partial charge in [-0.15, -0.1) is 0 Å². The summed E-state index contributed by atoms with van der Waals surface area (Å²) in [7, 11) is 0. The van der Waals surface area contributed by atoms with E-state index in [0.717, 1.165) is 11.3 Å². The maximum Gasteiger partial charge on any atom is 0.347 e. The summed E-state index contributed by atoms with van der Waals surface area (Å²) in [4.78, 5) is 27.7. The fourth-order valence-corrected chi connectivity index (χ4v) is 3.02. The number of nitrogens with zero attached hydrogens (tertiary/aromatic N) is 6. The minimum atomic E-state index is -0.342. The highest BCUT2D eigenvalue weighted by Crippen LogP contribution is 2.12. The maximum absolute atomic E-state index is 12.2. The van der Waals surface area contributed by atoms with Crippen molar-refractivity contribution in [1.29, 1.82) is 0 Å². The van der Waals surface area contributed by atoms with Gasteiger partial charge in [-0.3, -0.25) is 4.57 Å². The molecule has 0 atom stereocenters. The van der Waals surface area contributed by atoms with Gasteiger partial charge < -0.3 is 16.0 Å². The third kappa shape index (κ3) is 5.33. The first-order chi connectivity index (χ1) is 15.7. The number of carbonyl (C=O) groups excluding carboxylic acids is 1. The van der Waals surface area contributed by atoms with Crippen molar-refractivity contribution in [3.63, 3.8) is 0 Å². The van der Waals surface area contributed by atoms with E-state index >= 15 is 0 Å². The molecule has 0 saturated heterocycles. The van der Waals surface area contributed by atoms with Crippen LogP contribution >= 0.6 is 0 Å². The first kappa shape index (κ1) is 20.7.